The standard InChI is InChI=1S/C23H28N2O4/c1-4-28-21-13-11-20(12-14-21)25(23(27)24-16-22(26)29-5-2)17-18(3)15-19-9-7-6-8-10-19/h6-15H,4-5,16-17H2,1-3H3,(H,24,27)/b18-15+. The average molecular weight is 396 g/mol. The van der Waals surface area contributed by atoms with Crippen LogP contribution in [0.3, 0.4) is 0 Å². The van der Waals surface area contributed by atoms with Gasteiger partial charge in [-0.25, -0.2) is 4.79 Å². The molecule has 0 aromatic heterocycles. The highest BCUT2D eigenvalue weighted by Gasteiger charge is 2.17. The lowest BCUT2D eigenvalue weighted by Crippen LogP contribution is -2.43. The Kier molecular flexibility index (Phi) is 8.76. The molecule has 154 valence electrons. The predicted octanol–water partition coefficient (Wildman–Crippen LogP) is 4.27. The Morgan fingerprint density at radius 1 is 1.00 bits per heavy atom. The molecule has 2 rings (SSSR count). The summed E-state index contributed by atoms with van der Waals surface area (Å²) in [5.41, 5.74) is 2.76. The SMILES string of the molecule is CCOC(=O)CNC(=O)N(C/C(C)=C/c1ccccc1)c1ccc(OCC)cc1. The van der Waals surface area contributed by atoms with E-state index in [4.69, 9.17) is 9.47 Å². The Morgan fingerprint density at radius 3 is 2.31 bits per heavy atom. The quantitative estimate of drug-likeness (QED) is 0.643. The number of anilines is 1. The largest absolute Gasteiger partial charge is 0.494 e. The van der Waals surface area contributed by atoms with Gasteiger partial charge in [0, 0.05) is 12.2 Å². The number of rotatable bonds is 9. The van der Waals surface area contributed by atoms with Gasteiger partial charge in [-0.1, -0.05) is 42.0 Å². The second kappa shape index (κ2) is 11.5. The number of nitrogens with zero attached hydrogens (tertiary/aromatic N) is 1. The minimum Gasteiger partial charge on any atom is -0.494 e. The number of urea groups is 1. The number of hydrogen-bond acceptors (Lipinski definition) is 4. The molecule has 0 atom stereocenters. The first kappa shape index (κ1) is 22.0. The van der Waals surface area contributed by atoms with E-state index in [2.05, 4.69) is 5.32 Å². The van der Waals surface area contributed by atoms with E-state index in [0.29, 0.717) is 18.8 Å². The van der Waals surface area contributed by atoms with Crippen molar-refractivity contribution in [3.8, 4) is 5.75 Å². The first-order valence-electron chi connectivity index (χ1n) is 9.69. The summed E-state index contributed by atoms with van der Waals surface area (Å²) in [5, 5.41) is 2.63. The number of hydrogen-bond donors (Lipinski definition) is 1. The van der Waals surface area contributed by atoms with Crippen LogP contribution in [0, 0.1) is 0 Å². The lowest BCUT2D eigenvalue weighted by Gasteiger charge is -2.24. The molecule has 0 unspecified atom stereocenters. The van der Waals surface area contributed by atoms with Gasteiger partial charge < -0.3 is 14.8 Å². The Labute approximate surface area is 172 Å². The summed E-state index contributed by atoms with van der Waals surface area (Å²) in [4.78, 5) is 26.0. The van der Waals surface area contributed by atoms with Crippen LogP contribution in [0.25, 0.3) is 6.08 Å². The van der Waals surface area contributed by atoms with Crippen LogP contribution in [0.4, 0.5) is 10.5 Å². The van der Waals surface area contributed by atoms with Crippen LogP contribution in [0.2, 0.25) is 0 Å². The molecule has 0 aliphatic carbocycles. The van der Waals surface area contributed by atoms with E-state index in [-0.39, 0.29) is 19.2 Å². The third-order valence-electron chi connectivity index (χ3n) is 4.01. The number of amides is 2. The minimum atomic E-state index is -0.468. The van der Waals surface area contributed by atoms with Crippen LogP contribution < -0.4 is 15.0 Å². The predicted molar refractivity (Wildman–Crippen MR) is 115 cm³/mol. The topological polar surface area (TPSA) is 67.9 Å². The summed E-state index contributed by atoms with van der Waals surface area (Å²) in [7, 11) is 0. The van der Waals surface area contributed by atoms with Gasteiger partial charge in [-0.15, -0.1) is 0 Å². The molecule has 0 saturated carbocycles. The zero-order valence-corrected chi connectivity index (χ0v) is 17.2. The molecule has 0 aliphatic heterocycles. The summed E-state index contributed by atoms with van der Waals surface area (Å²) in [6.07, 6.45) is 2.03. The molecule has 2 aromatic rings. The second-order valence-electron chi connectivity index (χ2n) is 6.38. The molecule has 0 bridgehead atoms. The number of carbonyl (C=O) groups is 2. The highest BCUT2D eigenvalue weighted by Crippen LogP contribution is 2.21. The van der Waals surface area contributed by atoms with Crippen molar-refractivity contribution in [2.45, 2.75) is 20.8 Å². The molecular weight excluding hydrogens is 368 g/mol. The van der Waals surface area contributed by atoms with E-state index < -0.39 is 5.97 Å². The van der Waals surface area contributed by atoms with Crippen molar-refractivity contribution in [3.05, 3.63) is 65.7 Å². The number of benzene rings is 2. The first-order valence-corrected chi connectivity index (χ1v) is 9.69. The van der Waals surface area contributed by atoms with E-state index in [9.17, 15) is 9.59 Å². The van der Waals surface area contributed by atoms with Crippen molar-refractivity contribution < 1.29 is 19.1 Å². The molecule has 0 saturated heterocycles. The van der Waals surface area contributed by atoms with Gasteiger partial charge in [-0.05, 0) is 50.6 Å². The lowest BCUT2D eigenvalue weighted by atomic mass is 10.1. The smallest absolute Gasteiger partial charge is 0.325 e. The maximum atomic E-state index is 12.8. The van der Waals surface area contributed by atoms with Crippen molar-refractivity contribution in [2.24, 2.45) is 0 Å². The third-order valence-corrected chi connectivity index (χ3v) is 4.01. The van der Waals surface area contributed by atoms with E-state index in [0.717, 1.165) is 16.9 Å². The molecule has 6 heteroatoms. The van der Waals surface area contributed by atoms with Gasteiger partial charge in [0.15, 0.2) is 0 Å². The van der Waals surface area contributed by atoms with Gasteiger partial charge in [0.2, 0.25) is 0 Å². The molecule has 2 aromatic carbocycles. The number of esters is 1. The molecule has 0 fully saturated rings. The fourth-order valence-electron chi connectivity index (χ4n) is 2.75. The summed E-state index contributed by atoms with van der Waals surface area (Å²) in [6.45, 7) is 6.65. The summed E-state index contributed by atoms with van der Waals surface area (Å²) in [6, 6.07) is 16.8. The fraction of sp³-hybridized carbons (Fsp3) is 0.304. The van der Waals surface area contributed by atoms with Gasteiger partial charge in [-0.2, -0.15) is 0 Å². The normalized spacial score (nSPS) is 10.9. The summed E-state index contributed by atoms with van der Waals surface area (Å²) in [5.74, 6) is 0.267. The fourth-order valence-corrected chi connectivity index (χ4v) is 2.75. The Hall–Kier alpha value is -3.28. The number of carbonyl (C=O) groups excluding carboxylic acids is 2. The highest BCUT2D eigenvalue weighted by atomic mass is 16.5. The third kappa shape index (κ3) is 7.33. The molecule has 0 radical (unpaired) electrons. The van der Waals surface area contributed by atoms with Gasteiger partial charge >= 0.3 is 12.0 Å². The van der Waals surface area contributed by atoms with Gasteiger partial charge in [0.05, 0.1) is 13.2 Å². The Morgan fingerprint density at radius 2 is 1.69 bits per heavy atom. The van der Waals surface area contributed by atoms with Crippen LogP contribution in [0.1, 0.15) is 26.3 Å². The van der Waals surface area contributed by atoms with Gasteiger partial charge in [0.1, 0.15) is 12.3 Å². The molecule has 6 nitrogen and oxygen atoms in total. The average Bonchev–Trinajstić information content (AvgIpc) is 2.72. The molecule has 29 heavy (non-hydrogen) atoms. The zero-order valence-electron chi connectivity index (χ0n) is 17.2. The summed E-state index contributed by atoms with van der Waals surface area (Å²) >= 11 is 0. The minimum absolute atomic E-state index is 0.179. The van der Waals surface area contributed by atoms with E-state index in [1.165, 1.54) is 0 Å². The number of ether oxygens (including phenoxy) is 2. The van der Waals surface area contributed by atoms with E-state index >= 15 is 0 Å². The van der Waals surface area contributed by atoms with Crippen LogP contribution in [-0.4, -0.2) is 38.3 Å². The monoisotopic (exact) mass is 396 g/mol. The van der Waals surface area contributed by atoms with Crippen LogP contribution in [-0.2, 0) is 9.53 Å². The Bertz CT molecular complexity index is 817. The van der Waals surface area contributed by atoms with Gasteiger partial charge in [0.25, 0.3) is 0 Å². The molecule has 0 spiro atoms. The van der Waals surface area contributed by atoms with Crippen molar-refractivity contribution in [1.29, 1.82) is 0 Å². The van der Waals surface area contributed by atoms with E-state index in [1.54, 1.807) is 11.8 Å². The number of nitrogens with one attached hydrogen (secondary N) is 1. The highest BCUT2D eigenvalue weighted by molar-refractivity contribution is 5.94. The van der Waals surface area contributed by atoms with Crippen molar-refractivity contribution in [3.63, 3.8) is 0 Å². The van der Waals surface area contributed by atoms with Crippen LogP contribution in [0.15, 0.2) is 60.2 Å². The van der Waals surface area contributed by atoms with Gasteiger partial charge in [-0.3, -0.25) is 9.69 Å². The van der Waals surface area contributed by atoms with Crippen LogP contribution >= 0.6 is 0 Å². The zero-order chi connectivity index (χ0) is 21.1. The molecule has 0 aliphatic rings. The summed E-state index contributed by atoms with van der Waals surface area (Å²) < 4.78 is 10.4. The van der Waals surface area contributed by atoms with Crippen molar-refractivity contribution in [2.75, 3.05) is 31.2 Å². The first-order chi connectivity index (χ1) is 14.0. The van der Waals surface area contributed by atoms with Crippen LogP contribution in [0.5, 0.6) is 5.75 Å². The maximum absolute atomic E-state index is 12.8. The maximum Gasteiger partial charge on any atom is 0.325 e. The molecule has 0 heterocycles. The molecular formula is C23H28N2O4. The van der Waals surface area contributed by atoms with Crippen molar-refractivity contribution >= 4 is 23.8 Å². The van der Waals surface area contributed by atoms with Crippen molar-refractivity contribution in [1.82, 2.24) is 5.32 Å². The molecule has 1 N–H and O–H groups in total. The molecule has 2 amide bonds. The lowest BCUT2D eigenvalue weighted by molar-refractivity contribution is -0.141. The second-order valence-corrected chi connectivity index (χ2v) is 6.38. The Balaban J connectivity index is 2.18. The van der Waals surface area contributed by atoms with E-state index in [1.807, 2.05) is 74.5 Å².